The van der Waals surface area contributed by atoms with Crippen molar-refractivity contribution in [3.63, 3.8) is 0 Å². The zero-order valence-electron chi connectivity index (χ0n) is 22.6. The first kappa shape index (κ1) is 30.7. The van der Waals surface area contributed by atoms with E-state index < -0.39 is 57.1 Å². The maximum atomic E-state index is 13.9. The fourth-order valence-corrected chi connectivity index (χ4v) is 5.31. The van der Waals surface area contributed by atoms with Gasteiger partial charge in [-0.3, -0.25) is 14.0 Å². The summed E-state index contributed by atoms with van der Waals surface area (Å²) in [5.41, 5.74) is -1.33. The van der Waals surface area contributed by atoms with Crippen LogP contribution in [0.2, 0.25) is 0 Å². The molecule has 0 saturated heterocycles. The van der Waals surface area contributed by atoms with E-state index >= 15 is 0 Å². The maximum Gasteiger partial charge on any atom is 0.419 e. The minimum Gasteiger partial charge on any atom is -0.508 e. The third-order valence-corrected chi connectivity index (χ3v) is 8.56. The van der Waals surface area contributed by atoms with Gasteiger partial charge in [0.05, 0.1) is 35.0 Å². The molecule has 0 aliphatic rings. The summed E-state index contributed by atoms with van der Waals surface area (Å²) in [6, 6.07) is 11.8. The molecule has 2 aromatic heterocycles. The Kier molecular flexibility index (Phi) is 8.71. The number of sulfone groups is 1. The molecule has 0 unspecified atom stereocenters. The highest BCUT2D eigenvalue weighted by atomic mass is 32.2. The molecule has 1 atom stereocenters. The summed E-state index contributed by atoms with van der Waals surface area (Å²) >= 11 is 0. The number of fused-ring (bicyclic) bond motifs is 1. The number of benzene rings is 2. The second-order valence-corrected chi connectivity index (χ2v) is 12.1. The molecule has 0 aliphatic carbocycles. The van der Waals surface area contributed by atoms with Gasteiger partial charge in [-0.1, -0.05) is 31.2 Å². The molecule has 13 heteroatoms. The number of halogens is 4. The monoisotopic (exact) mass is 605 g/mol. The number of hydrogen-bond donors (Lipinski definition) is 1. The summed E-state index contributed by atoms with van der Waals surface area (Å²) in [6.45, 7) is 2.64. The van der Waals surface area contributed by atoms with Gasteiger partial charge < -0.3 is 10.0 Å². The van der Waals surface area contributed by atoms with Gasteiger partial charge in [0.25, 0.3) is 5.56 Å². The van der Waals surface area contributed by atoms with Crippen molar-refractivity contribution in [3.05, 3.63) is 99.9 Å². The number of phenolic OH excluding ortho intramolecular Hbond substituents is 1. The van der Waals surface area contributed by atoms with Crippen LogP contribution in [0.25, 0.3) is 16.8 Å². The number of rotatable bonds is 9. The lowest BCUT2D eigenvalue weighted by Gasteiger charge is -2.30. The number of alkyl halides is 3. The van der Waals surface area contributed by atoms with E-state index in [0.29, 0.717) is 17.7 Å². The van der Waals surface area contributed by atoms with Gasteiger partial charge in [-0.25, -0.2) is 17.8 Å². The van der Waals surface area contributed by atoms with E-state index in [1.54, 1.807) is 18.2 Å². The van der Waals surface area contributed by atoms with Crippen LogP contribution in [0.5, 0.6) is 5.75 Å². The Morgan fingerprint density at radius 2 is 1.79 bits per heavy atom. The van der Waals surface area contributed by atoms with Crippen LogP contribution in [-0.2, 0) is 27.2 Å². The lowest BCUT2D eigenvalue weighted by molar-refractivity contribution is -0.140. The second-order valence-electron chi connectivity index (χ2n) is 9.64. The van der Waals surface area contributed by atoms with Gasteiger partial charge in [0.15, 0.2) is 9.84 Å². The van der Waals surface area contributed by atoms with Crippen LogP contribution in [0.4, 0.5) is 17.6 Å². The maximum absolute atomic E-state index is 13.9. The van der Waals surface area contributed by atoms with Crippen LogP contribution in [0.15, 0.2) is 71.7 Å². The molecule has 1 amide bonds. The third-order valence-electron chi connectivity index (χ3n) is 6.88. The van der Waals surface area contributed by atoms with Gasteiger partial charge in [-0.2, -0.15) is 13.2 Å². The fourth-order valence-electron chi connectivity index (χ4n) is 4.55. The van der Waals surface area contributed by atoms with E-state index in [1.165, 1.54) is 48.7 Å². The van der Waals surface area contributed by atoms with E-state index in [0.717, 1.165) is 11.0 Å². The Morgan fingerprint density at radius 1 is 1.10 bits per heavy atom. The SMILES string of the molecule is CCS(=O)(=O)CCN(C(=O)Cc1ccc(F)c(C(F)(F)F)c1)[C@H](C)c1nc2ccccn2c(=O)c1-c1ccc(O)cc1. The molecule has 2 heterocycles. The van der Waals surface area contributed by atoms with Crippen molar-refractivity contribution in [2.75, 3.05) is 18.1 Å². The largest absolute Gasteiger partial charge is 0.508 e. The lowest BCUT2D eigenvalue weighted by atomic mass is 9.99. The van der Waals surface area contributed by atoms with Crippen LogP contribution < -0.4 is 5.56 Å². The standard InChI is InChI=1S/C29H27F4N3O5S/c1-3-42(40,41)15-14-35(25(38)17-19-7-12-23(30)22(16-19)29(31,32)33)18(2)27-26(20-8-10-21(37)11-9-20)28(39)36-13-5-4-6-24(36)34-27/h4-13,16,18,37H,3,14-15,17H2,1-2H3/t18-/m1/s1. The summed E-state index contributed by atoms with van der Waals surface area (Å²) in [6.07, 6.45) is -4.07. The fraction of sp³-hybridized carbons (Fsp3) is 0.276. The van der Waals surface area contributed by atoms with Gasteiger partial charge in [-0.15, -0.1) is 0 Å². The van der Waals surface area contributed by atoms with Crippen molar-refractivity contribution in [1.29, 1.82) is 0 Å². The average molecular weight is 606 g/mol. The van der Waals surface area contributed by atoms with Crippen molar-refractivity contribution in [3.8, 4) is 16.9 Å². The molecule has 0 aliphatic heterocycles. The number of carbonyl (C=O) groups is 1. The highest BCUT2D eigenvalue weighted by Crippen LogP contribution is 2.33. The van der Waals surface area contributed by atoms with Crippen LogP contribution in [0, 0.1) is 5.82 Å². The van der Waals surface area contributed by atoms with Gasteiger partial charge in [-0.05, 0) is 54.4 Å². The molecular formula is C29H27F4N3O5S. The molecule has 0 fully saturated rings. The normalized spacial score (nSPS) is 12.8. The Hall–Kier alpha value is -4.26. The Morgan fingerprint density at radius 3 is 2.43 bits per heavy atom. The van der Waals surface area contributed by atoms with Gasteiger partial charge >= 0.3 is 6.18 Å². The number of aromatic hydroxyl groups is 1. The molecule has 4 rings (SSSR count). The highest BCUT2D eigenvalue weighted by Gasteiger charge is 2.35. The molecule has 0 radical (unpaired) electrons. The number of amides is 1. The summed E-state index contributed by atoms with van der Waals surface area (Å²) in [4.78, 5) is 33.1. The molecule has 222 valence electrons. The Balaban J connectivity index is 1.83. The molecule has 2 aromatic carbocycles. The van der Waals surface area contributed by atoms with Gasteiger partial charge in [0.2, 0.25) is 5.91 Å². The summed E-state index contributed by atoms with van der Waals surface area (Å²) in [5, 5.41) is 9.78. The number of nitrogens with zero attached hydrogens (tertiary/aromatic N) is 3. The molecule has 0 saturated carbocycles. The predicted molar refractivity (Wildman–Crippen MR) is 148 cm³/mol. The predicted octanol–water partition coefficient (Wildman–Crippen LogP) is 4.79. The van der Waals surface area contributed by atoms with Crippen LogP contribution in [-0.4, -0.2) is 51.8 Å². The van der Waals surface area contributed by atoms with Crippen molar-refractivity contribution in [2.45, 2.75) is 32.5 Å². The van der Waals surface area contributed by atoms with Crippen molar-refractivity contribution < 1.29 is 35.9 Å². The van der Waals surface area contributed by atoms with Crippen molar-refractivity contribution >= 4 is 21.4 Å². The van der Waals surface area contributed by atoms with Crippen molar-refractivity contribution in [2.24, 2.45) is 0 Å². The van der Waals surface area contributed by atoms with Gasteiger partial charge in [0, 0.05) is 18.5 Å². The minimum absolute atomic E-state index is 0.0544. The Labute approximate surface area is 238 Å². The number of carbonyl (C=O) groups excluding carboxylic acids is 1. The molecule has 1 N–H and O–H groups in total. The van der Waals surface area contributed by atoms with E-state index in [2.05, 4.69) is 4.98 Å². The quantitative estimate of drug-likeness (QED) is 0.275. The molecule has 8 nitrogen and oxygen atoms in total. The lowest BCUT2D eigenvalue weighted by Crippen LogP contribution is -2.39. The zero-order valence-corrected chi connectivity index (χ0v) is 23.4. The first-order valence-electron chi connectivity index (χ1n) is 12.9. The topological polar surface area (TPSA) is 109 Å². The van der Waals surface area contributed by atoms with Crippen LogP contribution in [0.1, 0.15) is 36.7 Å². The van der Waals surface area contributed by atoms with Crippen LogP contribution >= 0.6 is 0 Å². The molecule has 0 spiro atoms. The molecule has 42 heavy (non-hydrogen) atoms. The van der Waals surface area contributed by atoms with E-state index in [4.69, 9.17) is 0 Å². The average Bonchev–Trinajstić information content (AvgIpc) is 2.94. The van der Waals surface area contributed by atoms with Gasteiger partial charge in [0.1, 0.15) is 17.2 Å². The zero-order chi connectivity index (χ0) is 30.8. The van der Waals surface area contributed by atoms with E-state index in [9.17, 15) is 40.7 Å². The number of phenols is 1. The summed E-state index contributed by atoms with van der Waals surface area (Å²) in [5.74, 6) is -2.94. The highest BCUT2D eigenvalue weighted by molar-refractivity contribution is 7.91. The van der Waals surface area contributed by atoms with E-state index in [-0.39, 0.29) is 40.5 Å². The third kappa shape index (κ3) is 6.62. The van der Waals surface area contributed by atoms with Crippen LogP contribution in [0.3, 0.4) is 0 Å². The first-order valence-corrected chi connectivity index (χ1v) is 14.7. The number of pyridine rings is 1. The summed E-state index contributed by atoms with van der Waals surface area (Å²) < 4.78 is 79.8. The smallest absolute Gasteiger partial charge is 0.419 e. The van der Waals surface area contributed by atoms with Crippen molar-refractivity contribution in [1.82, 2.24) is 14.3 Å². The Bertz CT molecular complexity index is 1790. The molecule has 0 bridgehead atoms. The number of hydrogen-bond acceptors (Lipinski definition) is 6. The molecular weight excluding hydrogens is 578 g/mol. The number of aromatic nitrogens is 2. The first-order chi connectivity index (χ1) is 19.7. The summed E-state index contributed by atoms with van der Waals surface area (Å²) in [7, 11) is -3.58. The molecule has 4 aromatic rings. The second kappa shape index (κ2) is 11.9. The van der Waals surface area contributed by atoms with E-state index in [1.807, 2.05) is 0 Å². The minimum atomic E-state index is -4.98.